The number of carboxylic acid groups (broad SMARTS) is 1. The van der Waals surface area contributed by atoms with Gasteiger partial charge in [-0.25, -0.2) is 9.69 Å². The normalized spacial score (nSPS) is 9.90. The van der Waals surface area contributed by atoms with Crippen LogP contribution in [-0.2, 0) is 0 Å². The number of imide groups is 1. The number of hydrogen-bond acceptors (Lipinski definition) is 5. The van der Waals surface area contributed by atoms with Crippen LogP contribution in [0.5, 0.6) is 5.75 Å². The first-order valence-electron chi connectivity index (χ1n) is 5.79. The van der Waals surface area contributed by atoms with E-state index in [0.717, 1.165) is 6.07 Å². The molecule has 0 saturated carbocycles. The summed E-state index contributed by atoms with van der Waals surface area (Å²) in [5, 5.41) is 19.8. The van der Waals surface area contributed by atoms with Gasteiger partial charge in [-0.05, 0) is 18.6 Å². The zero-order chi connectivity index (χ0) is 15.3. The first-order valence-corrected chi connectivity index (χ1v) is 5.79. The summed E-state index contributed by atoms with van der Waals surface area (Å²) in [6, 6.07) is 3.56. The predicted octanol–water partition coefficient (Wildman–Crippen LogP) is 2.13. The fraction of sp³-hybridized carbons (Fsp3) is 0.333. The number of amides is 2. The van der Waals surface area contributed by atoms with Crippen molar-refractivity contribution in [2.24, 2.45) is 0 Å². The average molecular weight is 282 g/mol. The number of ether oxygens (including phenoxy) is 1. The lowest BCUT2D eigenvalue weighted by atomic mass is 10.1. The van der Waals surface area contributed by atoms with Crippen LogP contribution in [0.4, 0.5) is 10.5 Å². The number of methoxy groups -OCH3 is 1. The molecule has 0 radical (unpaired) electrons. The highest BCUT2D eigenvalue weighted by molar-refractivity contribution is 6.03. The molecule has 0 unspecified atom stereocenters. The molecule has 0 aliphatic rings. The van der Waals surface area contributed by atoms with E-state index in [-0.39, 0.29) is 23.5 Å². The topological polar surface area (TPSA) is 110 Å². The third-order valence-electron chi connectivity index (χ3n) is 2.55. The van der Waals surface area contributed by atoms with Crippen molar-refractivity contribution in [3.8, 4) is 5.75 Å². The van der Waals surface area contributed by atoms with Crippen LogP contribution in [0.15, 0.2) is 18.2 Å². The lowest BCUT2D eigenvalue weighted by molar-refractivity contribution is -0.385. The first kappa shape index (κ1) is 15.4. The summed E-state index contributed by atoms with van der Waals surface area (Å²) in [4.78, 5) is 33.8. The molecular formula is C12H14N2O6. The minimum atomic E-state index is -1.39. The maximum Gasteiger partial charge on any atom is 0.414 e. The Balaban J connectivity index is 3.19. The van der Waals surface area contributed by atoms with Gasteiger partial charge < -0.3 is 9.84 Å². The molecule has 0 fully saturated rings. The fourth-order valence-electron chi connectivity index (χ4n) is 1.63. The van der Waals surface area contributed by atoms with Crippen molar-refractivity contribution >= 4 is 17.7 Å². The molecule has 0 aliphatic heterocycles. The van der Waals surface area contributed by atoms with Crippen molar-refractivity contribution in [1.29, 1.82) is 0 Å². The lowest BCUT2D eigenvalue weighted by Crippen LogP contribution is -2.36. The van der Waals surface area contributed by atoms with Gasteiger partial charge >= 0.3 is 11.8 Å². The number of nitrogens with zero attached hydrogens (tertiary/aromatic N) is 2. The quantitative estimate of drug-likeness (QED) is 0.654. The Morgan fingerprint density at radius 2 is 2.10 bits per heavy atom. The molecule has 2 amide bonds. The van der Waals surface area contributed by atoms with E-state index in [0.29, 0.717) is 11.3 Å². The fourth-order valence-corrected chi connectivity index (χ4v) is 1.63. The van der Waals surface area contributed by atoms with E-state index < -0.39 is 16.9 Å². The van der Waals surface area contributed by atoms with Crippen molar-refractivity contribution < 1.29 is 24.4 Å². The van der Waals surface area contributed by atoms with Crippen LogP contribution < -0.4 is 4.74 Å². The molecule has 1 aromatic carbocycles. The summed E-state index contributed by atoms with van der Waals surface area (Å²) in [5.41, 5.74) is -0.464. The Morgan fingerprint density at radius 1 is 1.45 bits per heavy atom. The third-order valence-corrected chi connectivity index (χ3v) is 2.55. The van der Waals surface area contributed by atoms with Gasteiger partial charge in [-0.2, -0.15) is 0 Å². The van der Waals surface area contributed by atoms with Gasteiger partial charge in [-0.1, -0.05) is 6.92 Å². The van der Waals surface area contributed by atoms with Crippen molar-refractivity contribution in [3.63, 3.8) is 0 Å². The van der Waals surface area contributed by atoms with Crippen LogP contribution in [0.2, 0.25) is 0 Å². The molecule has 8 heteroatoms. The van der Waals surface area contributed by atoms with E-state index >= 15 is 0 Å². The molecule has 0 atom stereocenters. The highest BCUT2D eigenvalue weighted by Crippen LogP contribution is 2.28. The summed E-state index contributed by atoms with van der Waals surface area (Å²) >= 11 is 0. The van der Waals surface area contributed by atoms with Crippen LogP contribution in [0, 0.1) is 10.1 Å². The van der Waals surface area contributed by atoms with Gasteiger partial charge in [-0.3, -0.25) is 14.9 Å². The molecule has 20 heavy (non-hydrogen) atoms. The number of hydrogen-bond donors (Lipinski definition) is 1. The predicted molar refractivity (Wildman–Crippen MR) is 69.0 cm³/mol. The van der Waals surface area contributed by atoms with Crippen LogP contribution >= 0.6 is 0 Å². The minimum Gasteiger partial charge on any atom is -0.490 e. The van der Waals surface area contributed by atoms with Gasteiger partial charge in [0.25, 0.3) is 5.91 Å². The summed E-state index contributed by atoms with van der Waals surface area (Å²) in [6.45, 7) is 1.74. The molecule has 0 bridgehead atoms. The van der Waals surface area contributed by atoms with Crippen LogP contribution in [0.1, 0.15) is 23.7 Å². The Morgan fingerprint density at radius 3 is 2.55 bits per heavy atom. The smallest absolute Gasteiger partial charge is 0.414 e. The SMILES string of the molecule is CCCN(C(=O)O)C(=O)c1ccc(OC)c([N+](=O)[O-])c1. The molecule has 1 aromatic rings. The molecular weight excluding hydrogens is 268 g/mol. The van der Waals surface area contributed by atoms with Gasteiger partial charge in [0.2, 0.25) is 0 Å². The number of nitro groups is 1. The second-order valence-electron chi connectivity index (χ2n) is 3.88. The van der Waals surface area contributed by atoms with E-state index in [1.165, 1.54) is 19.2 Å². The van der Waals surface area contributed by atoms with Crippen molar-refractivity contribution in [2.45, 2.75) is 13.3 Å². The first-order chi connectivity index (χ1) is 9.42. The van der Waals surface area contributed by atoms with Gasteiger partial charge in [0.1, 0.15) is 0 Å². The van der Waals surface area contributed by atoms with Crippen molar-refractivity contribution in [2.75, 3.05) is 13.7 Å². The van der Waals surface area contributed by atoms with Crippen molar-refractivity contribution in [3.05, 3.63) is 33.9 Å². The Kier molecular flexibility index (Phi) is 5.01. The molecule has 1 N–H and O–H groups in total. The van der Waals surface area contributed by atoms with Gasteiger partial charge in [0.05, 0.1) is 12.0 Å². The van der Waals surface area contributed by atoms with E-state index in [1.807, 2.05) is 0 Å². The molecule has 0 saturated heterocycles. The number of benzene rings is 1. The maximum atomic E-state index is 12.0. The minimum absolute atomic E-state index is 0.00363. The van der Waals surface area contributed by atoms with E-state index in [4.69, 9.17) is 9.84 Å². The van der Waals surface area contributed by atoms with Crippen LogP contribution in [-0.4, -0.2) is 40.6 Å². The van der Waals surface area contributed by atoms with Crippen molar-refractivity contribution in [1.82, 2.24) is 4.90 Å². The summed E-state index contributed by atoms with van der Waals surface area (Å²) in [7, 11) is 1.27. The number of nitro benzene ring substituents is 1. The molecule has 0 aliphatic carbocycles. The Bertz CT molecular complexity index is 543. The zero-order valence-corrected chi connectivity index (χ0v) is 11.0. The zero-order valence-electron chi connectivity index (χ0n) is 11.0. The third kappa shape index (κ3) is 3.22. The number of carbonyl (C=O) groups is 2. The summed E-state index contributed by atoms with van der Waals surface area (Å²) in [6.07, 6.45) is -0.939. The number of carbonyl (C=O) groups excluding carboxylic acids is 1. The standard InChI is InChI=1S/C12H14N2O6/c1-3-6-13(12(16)17)11(15)8-4-5-10(20-2)9(7-8)14(18)19/h4-5,7H,3,6H2,1-2H3,(H,16,17). The summed E-state index contributed by atoms with van der Waals surface area (Å²) < 4.78 is 4.81. The van der Waals surface area contributed by atoms with Crippen LogP contribution in [0.25, 0.3) is 0 Å². The molecule has 1 rings (SSSR count). The summed E-state index contributed by atoms with van der Waals surface area (Å²) in [5.74, 6) is -0.797. The highest BCUT2D eigenvalue weighted by Gasteiger charge is 2.24. The Labute approximate surface area is 114 Å². The van der Waals surface area contributed by atoms with Gasteiger partial charge in [0, 0.05) is 18.2 Å². The number of rotatable bonds is 5. The molecule has 108 valence electrons. The molecule has 0 spiro atoms. The second kappa shape index (κ2) is 6.50. The van der Waals surface area contributed by atoms with E-state index in [1.54, 1.807) is 6.92 Å². The lowest BCUT2D eigenvalue weighted by Gasteiger charge is -2.16. The maximum absolute atomic E-state index is 12.0. The van der Waals surface area contributed by atoms with Crippen LogP contribution in [0.3, 0.4) is 0 Å². The monoisotopic (exact) mass is 282 g/mol. The molecule has 0 heterocycles. The largest absolute Gasteiger partial charge is 0.490 e. The molecule has 0 aromatic heterocycles. The highest BCUT2D eigenvalue weighted by atomic mass is 16.6. The Hall–Kier alpha value is -2.64. The van der Waals surface area contributed by atoms with Gasteiger partial charge in [-0.15, -0.1) is 0 Å². The van der Waals surface area contributed by atoms with Gasteiger partial charge in [0.15, 0.2) is 5.75 Å². The van der Waals surface area contributed by atoms with E-state index in [2.05, 4.69) is 0 Å². The molecule has 8 nitrogen and oxygen atoms in total. The van der Waals surface area contributed by atoms with E-state index in [9.17, 15) is 19.7 Å². The average Bonchev–Trinajstić information content (AvgIpc) is 2.42. The second-order valence-corrected chi connectivity index (χ2v) is 3.88.